The summed E-state index contributed by atoms with van der Waals surface area (Å²) in [5.41, 5.74) is 0. The lowest BCUT2D eigenvalue weighted by Crippen LogP contribution is -2.25. The van der Waals surface area contributed by atoms with Crippen molar-refractivity contribution in [3.63, 3.8) is 0 Å². The van der Waals surface area contributed by atoms with Crippen LogP contribution in [-0.2, 0) is 0 Å². The summed E-state index contributed by atoms with van der Waals surface area (Å²) in [7, 11) is 0. The number of aromatic nitrogens is 1. The van der Waals surface area contributed by atoms with Gasteiger partial charge in [0.25, 0.3) is 0 Å². The Kier molecular flexibility index (Phi) is 5.68. The molecule has 1 rings (SSSR count). The number of pyridine rings is 1. The van der Waals surface area contributed by atoms with Crippen LogP contribution in [0.2, 0.25) is 5.15 Å². The molecule has 0 aliphatic carbocycles. The Morgan fingerprint density at radius 3 is 2.33 bits per heavy atom. The van der Waals surface area contributed by atoms with Gasteiger partial charge in [0.05, 0.1) is 0 Å². The van der Waals surface area contributed by atoms with Gasteiger partial charge in [-0.15, -0.1) is 0 Å². The first-order valence-electron chi connectivity index (χ1n) is 5.25. The Labute approximate surface area is 110 Å². The van der Waals surface area contributed by atoms with E-state index in [4.69, 9.17) is 11.6 Å². The highest BCUT2D eigenvalue weighted by molar-refractivity contribution is 14.1. The minimum Gasteiger partial charge on any atom is -0.357 e. The molecule has 0 bridgehead atoms. The van der Waals surface area contributed by atoms with Crippen molar-refractivity contribution in [2.45, 2.75) is 26.7 Å². The van der Waals surface area contributed by atoms with Crippen LogP contribution in [0.25, 0.3) is 0 Å². The number of hydrogen-bond donors (Lipinski definition) is 0. The Hall–Kier alpha value is -0.0300. The van der Waals surface area contributed by atoms with Gasteiger partial charge in [-0.3, -0.25) is 0 Å². The molecule has 0 radical (unpaired) electrons. The highest BCUT2D eigenvalue weighted by atomic mass is 127. The number of halogens is 2. The van der Waals surface area contributed by atoms with E-state index in [1.807, 2.05) is 6.07 Å². The standard InChI is InChI=1S/C11H16ClIN2/c1-3-5-15(6-4-2)11-8-9(13)7-10(12)14-11/h7-8H,3-6H2,1-2H3. The van der Waals surface area contributed by atoms with E-state index in [-0.39, 0.29) is 0 Å². The summed E-state index contributed by atoms with van der Waals surface area (Å²) in [6, 6.07) is 3.96. The van der Waals surface area contributed by atoms with Gasteiger partial charge in [-0.05, 0) is 47.6 Å². The first-order valence-corrected chi connectivity index (χ1v) is 6.71. The Balaban J connectivity index is 2.88. The molecule has 0 saturated heterocycles. The number of nitrogens with zero attached hydrogens (tertiary/aromatic N) is 2. The summed E-state index contributed by atoms with van der Waals surface area (Å²) in [6.07, 6.45) is 2.26. The SMILES string of the molecule is CCCN(CCC)c1cc(I)cc(Cl)n1. The maximum Gasteiger partial charge on any atom is 0.132 e. The fourth-order valence-electron chi connectivity index (χ4n) is 1.50. The third kappa shape index (κ3) is 4.15. The Morgan fingerprint density at radius 1 is 1.27 bits per heavy atom. The first kappa shape index (κ1) is 13.0. The highest BCUT2D eigenvalue weighted by Gasteiger charge is 2.07. The van der Waals surface area contributed by atoms with Crippen molar-refractivity contribution < 1.29 is 0 Å². The monoisotopic (exact) mass is 338 g/mol. The van der Waals surface area contributed by atoms with Gasteiger partial charge in [0, 0.05) is 16.7 Å². The summed E-state index contributed by atoms with van der Waals surface area (Å²) in [5.74, 6) is 0.996. The summed E-state index contributed by atoms with van der Waals surface area (Å²) in [5, 5.41) is 0.578. The molecular weight excluding hydrogens is 322 g/mol. The maximum atomic E-state index is 5.95. The van der Waals surface area contributed by atoms with Crippen molar-refractivity contribution in [3.05, 3.63) is 20.9 Å². The van der Waals surface area contributed by atoms with E-state index in [0.29, 0.717) is 5.15 Å². The molecule has 0 aliphatic rings. The lowest BCUT2D eigenvalue weighted by Gasteiger charge is -2.22. The summed E-state index contributed by atoms with van der Waals surface area (Å²) in [4.78, 5) is 6.64. The lowest BCUT2D eigenvalue weighted by atomic mass is 10.3. The van der Waals surface area contributed by atoms with Crippen molar-refractivity contribution in [2.24, 2.45) is 0 Å². The van der Waals surface area contributed by atoms with Crippen molar-refractivity contribution in [2.75, 3.05) is 18.0 Å². The third-order valence-electron chi connectivity index (χ3n) is 2.06. The van der Waals surface area contributed by atoms with Gasteiger partial charge in [0.1, 0.15) is 11.0 Å². The molecule has 0 saturated carbocycles. The predicted molar refractivity (Wildman–Crippen MR) is 74.8 cm³/mol. The molecule has 1 aromatic rings. The van der Waals surface area contributed by atoms with Crippen molar-refractivity contribution in [1.29, 1.82) is 0 Å². The lowest BCUT2D eigenvalue weighted by molar-refractivity contribution is 0.734. The van der Waals surface area contributed by atoms with Crippen LogP contribution in [0.15, 0.2) is 12.1 Å². The van der Waals surface area contributed by atoms with E-state index in [2.05, 4.69) is 52.4 Å². The third-order valence-corrected chi connectivity index (χ3v) is 2.87. The van der Waals surface area contributed by atoms with Gasteiger partial charge in [-0.25, -0.2) is 4.98 Å². The highest BCUT2D eigenvalue weighted by Crippen LogP contribution is 2.19. The second kappa shape index (κ2) is 6.53. The van der Waals surface area contributed by atoms with E-state index in [9.17, 15) is 0 Å². The smallest absolute Gasteiger partial charge is 0.132 e. The fourth-order valence-corrected chi connectivity index (χ4v) is 2.46. The molecule has 0 fully saturated rings. The molecule has 0 amide bonds. The zero-order valence-electron chi connectivity index (χ0n) is 9.13. The zero-order chi connectivity index (χ0) is 11.3. The van der Waals surface area contributed by atoms with Gasteiger partial charge >= 0.3 is 0 Å². The molecule has 84 valence electrons. The number of anilines is 1. The molecular formula is C11H16ClIN2. The average molecular weight is 339 g/mol. The maximum absolute atomic E-state index is 5.95. The Morgan fingerprint density at radius 2 is 1.87 bits per heavy atom. The molecule has 0 aliphatic heterocycles. The van der Waals surface area contributed by atoms with E-state index in [0.717, 1.165) is 35.3 Å². The molecule has 1 aromatic heterocycles. The van der Waals surface area contributed by atoms with Crippen LogP contribution in [0.1, 0.15) is 26.7 Å². The van der Waals surface area contributed by atoms with E-state index >= 15 is 0 Å². The van der Waals surface area contributed by atoms with Crippen molar-refractivity contribution in [3.8, 4) is 0 Å². The first-order chi connectivity index (χ1) is 7.17. The van der Waals surface area contributed by atoms with Crippen LogP contribution < -0.4 is 4.90 Å². The van der Waals surface area contributed by atoms with Crippen LogP contribution >= 0.6 is 34.2 Å². The summed E-state index contributed by atoms with van der Waals surface area (Å²) >= 11 is 8.22. The minimum atomic E-state index is 0.578. The minimum absolute atomic E-state index is 0.578. The van der Waals surface area contributed by atoms with Crippen molar-refractivity contribution in [1.82, 2.24) is 4.98 Å². The molecule has 0 N–H and O–H groups in total. The Bertz CT molecular complexity index is 291. The van der Waals surface area contributed by atoms with Crippen LogP contribution in [-0.4, -0.2) is 18.1 Å². The second-order valence-electron chi connectivity index (χ2n) is 3.45. The molecule has 0 unspecified atom stereocenters. The van der Waals surface area contributed by atoms with Gasteiger partial charge in [0.15, 0.2) is 0 Å². The molecule has 0 atom stereocenters. The molecule has 0 aromatic carbocycles. The topological polar surface area (TPSA) is 16.1 Å². The van der Waals surface area contributed by atoms with Crippen LogP contribution in [0, 0.1) is 3.57 Å². The van der Waals surface area contributed by atoms with Gasteiger partial charge in [-0.1, -0.05) is 25.4 Å². The molecule has 4 heteroatoms. The van der Waals surface area contributed by atoms with Crippen LogP contribution in [0.5, 0.6) is 0 Å². The average Bonchev–Trinajstić information content (AvgIpc) is 2.16. The van der Waals surface area contributed by atoms with Gasteiger partial charge in [-0.2, -0.15) is 0 Å². The molecule has 0 spiro atoms. The molecule has 15 heavy (non-hydrogen) atoms. The van der Waals surface area contributed by atoms with Crippen LogP contribution in [0.3, 0.4) is 0 Å². The summed E-state index contributed by atoms with van der Waals surface area (Å²) < 4.78 is 1.14. The van der Waals surface area contributed by atoms with E-state index < -0.39 is 0 Å². The number of hydrogen-bond acceptors (Lipinski definition) is 2. The zero-order valence-corrected chi connectivity index (χ0v) is 12.0. The predicted octanol–water partition coefficient (Wildman–Crippen LogP) is 3.97. The quantitative estimate of drug-likeness (QED) is 0.596. The molecule has 2 nitrogen and oxygen atoms in total. The number of rotatable bonds is 5. The second-order valence-corrected chi connectivity index (χ2v) is 5.09. The largest absolute Gasteiger partial charge is 0.357 e. The van der Waals surface area contributed by atoms with Crippen LogP contribution in [0.4, 0.5) is 5.82 Å². The van der Waals surface area contributed by atoms with Gasteiger partial charge in [0.2, 0.25) is 0 Å². The van der Waals surface area contributed by atoms with Gasteiger partial charge < -0.3 is 4.90 Å². The fraction of sp³-hybridized carbons (Fsp3) is 0.545. The van der Waals surface area contributed by atoms with E-state index in [1.54, 1.807) is 0 Å². The van der Waals surface area contributed by atoms with E-state index in [1.165, 1.54) is 0 Å². The summed E-state index contributed by atoms with van der Waals surface area (Å²) in [6.45, 7) is 6.44. The molecule has 1 heterocycles. The normalized spacial score (nSPS) is 10.4. The van der Waals surface area contributed by atoms with Crippen molar-refractivity contribution >= 4 is 40.0 Å².